The Morgan fingerprint density at radius 2 is 2.17 bits per heavy atom. The molecule has 1 rings (SSSR count). The van der Waals surface area contributed by atoms with Gasteiger partial charge in [-0.05, 0) is 19.3 Å². The molecule has 0 aromatic carbocycles. The van der Waals surface area contributed by atoms with E-state index in [4.69, 9.17) is 9.47 Å². The Bertz CT molecular complexity index is 277. The summed E-state index contributed by atoms with van der Waals surface area (Å²) >= 11 is 0. The van der Waals surface area contributed by atoms with Crippen LogP contribution in [0.3, 0.4) is 0 Å². The van der Waals surface area contributed by atoms with Crippen molar-refractivity contribution in [2.75, 3.05) is 13.2 Å². The molecule has 1 N–H and O–H groups in total. The van der Waals surface area contributed by atoms with Crippen LogP contribution in [0.2, 0.25) is 0 Å². The average Bonchev–Trinajstić information content (AvgIpc) is 2.29. The van der Waals surface area contributed by atoms with Gasteiger partial charge < -0.3 is 14.6 Å². The Labute approximate surface area is 110 Å². The predicted molar refractivity (Wildman–Crippen MR) is 69.2 cm³/mol. The number of ether oxygens (including phenoxy) is 2. The molecule has 4 nitrogen and oxygen atoms in total. The highest BCUT2D eigenvalue weighted by Crippen LogP contribution is 2.36. The van der Waals surface area contributed by atoms with Gasteiger partial charge in [-0.3, -0.25) is 4.79 Å². The Balaban J connectivity index is 2.78. The van der Waals surface area contributed by atoms with Gasteiger partial charge in [0.1, 0.15) is 0 Å². The lowest BCUT2D eigenvalue weighted by Crippen LogP contribution is -2.50. The molecular formula is C14H26O4. The van der Waals surface area contributed by atoms with E-state index in [1.807, 2.05) is 6.92 Å². The van der Waals surface area contributed by atoms with Gasteiger partial charge in [0.2, 0.25) is 0 Å². The van der Waals surface area contributed by atoms with Gasteiger partial charge in [-0.1, -0.05) is 20.8 Å². The summed E-state index contributed by atoms with van der Waals surface area (Å²) in [5.74, 6) is -0.383. The van der Waals surface area contributed by atoms with Crippen LogP contribution in [-0.4, -0.2) is 36.0 Å². The molecule has 4 heteroatoms. The molecule has 0 bridgehead atoms. The first-order chi connectivity index (χ1) is 8.44. The van der Waals surface area contributed by atoms with Gasteiger partial charge in [0, 0.05) is 19.4 Å². The first-order valence-corrected chi connectivity index (χ1v) is 6.95. The number of hydrogen-bond acceptors (Lipinski definition) is 4. The number of rotatable bonds is 5. The minimum atomic E-state index is -0.978. The molecule has 1 aliphatic rings. The molecule has 106 valence electrons. The standard InChI is InChI=1S/C14H26O4/c1-5-11(13(15)17-6-2)14(16)7-8-18-12(9-14)10(3)4/h10-12,16H,5-9H2,1-4H3. The normalized spacial score (nSPS) is 30.2. The molecular weight excluding hydrogens is 232 g/mol. The van der Waals surface area contributed by atoms with Gasteiger partial charge in [0.15, 0.2) is 0 Å². The molecule has 1 heterocycles. The van der Waals surface area contributed by atoms with Crippen molar-refractivity contribution in [3.63, 3.8) is 0 Å². The van der Waals surface area contributed by atoms with E-state index in [1.54, 1.807) is 6.92 Å². The van der Waals surface area contributed by atoms with Crippen LogP contribution in [0.5, 0.6) is 0 Å². The summed E-state index contributed by atoms with van der Waals surface area (Å²) < 4.78 is 10.7. The second-order valence-corrected chi connectivity index (χ2v) is 5.42. The lowest BCUT2D eigenvalue weighted by Gasteiger charge is -2.42. The first kappa shape index (κ1) is 15.4. The molecule has 18 heavy (non-hydrogen) atoms. The van der Waals surface area contributed by atoms with Crippen molar-refractivity contribution in [1.29, 1.82) is 0 Å². The zero-order chi connectivity index (χ0) is 13.8. The van der Waals surface area contributed by atoms with E-state index in [-0.39, 0.29) is 12.1 Å². The number of hydrogen-bond donors (Lipinski definition) is 1. The maximum Gasteiger partial charge on any atom is 0.311 e. The molecule has 0 aromatic rings. The van der Waals surface area contributed by atoms with Gasteiger partial charge in [0.05, 0.1) is 24.2 Å². The second kappa shape index (κ2) is 6.53. The van der Waals surface area contributed by atoms with Crippen LogP contribution in [-0.2, 0) is 14.3 Å². The van der Waals surface area contributed by atoms with Crippen LogP contribution in [0.15, 0.2) is 0 Å². The van der Waals surface area contributed by atoms with Crippen LogP contribution >= 0.6 is 0 Å². The van der Waals surface area contributed by atoms with Crippen molar-refractivity contribution in [1.82, 2.24) is 0 Å². The largest absolute Gasteiger partial charge is 0.466 e. The van der Waals surface area contributed by atoms with Crippen LogP contribution in [0.1, 0.15) is 47.0 Å². The fourth-order valence-electron chi connectivity index (χ4n) is 2.65. The highest BCUT2D eigenvalue weighted by atomic mass is 16.5. The topological polar surface area (TPSA) is 55.8 Å². The van der Waals surface area contributed by atoms with Crippen LogP contribution < -0.4 is 0 Å². The Kier molecular flexibility index (Phi) is 5.60. The molecule has 0 spiro atoms. The summed E-state index contributed by atoms with van der Waals surface area (Å²) in [5, 5.41) is 10.8. The van der Waals surface area contributed by atoms with Crippen molar-refractivity contribution in [2.24, 2.45) is 11.8 Å². The quantitative estimate of drug-likeness (QED) is 0.768. The lowest BCUT2D eigenvalue weighted by molar-refractivity contribution is -0.175. The summed E-state index contributed by atoms with van der Waals surface area (Å²) in [6.45, 7) is 8.71. The maximum atomic E-state index is 11.9. The number of esters is 1. The third-order valence-electron chi connectivity index (χ3n) is 3.79. The second-order valence-electron chi connectivity index (χ2n) is 5.42. The molecule has 0 aliphatic carbocycles. The molecule has 0 aromatic heterocycles. The number of carbonyl (C=O) groups excluding carboxylic acids is 1. The molecule has 1 aliphatic heterocycles. The SMILES string of the molecule is CCOC(=O)C(CC)C1(O)CCOC(C(C)C)C1. The highest BCUT2D eigenvalue weighted by molar-refractivity contribution is 5.73. The summed E-state index contributed by atoms with van der Waals surface area (Å²) in [4.78, 5) is 11.9. The van der Waals surface area contributed by atoms with Crippen molar-refractivity contribution in [3.8, 4) is 0 Å². The van der Waals surface area contributed by atoms with Crippen molar-refractivity contribution >= 4 is 5.97 Å². The van der Waals surface area contributed by atoms with Crippen molar-refractivity contribution in [2.45, 2.75) is 58.7 Å². The fourth-order valence-corrected chi connectivity index (χ4v) is 2.65. The summed E-state index contributed by atoms with van der Waals surface area (Å²) in [6.07, 6.45) is 1.64. The van der Waals surface area contributed by atoms with E-state index >= 15 is 0 Å². The third kappa shape index (κ3) is 3.45. The first-order valence-electron chi connectivity index (χ1n) is 6.95. The monoisotopic (exact) mass is 258 g/mol. The van der Waals surface area contributed by atoms with Crippen molar-refractivity contribution < 1.29 is 19.4 Å². The van der Waals surface area contributed by atoms with Gasteiger partial charge in [-0.25, -0.2) is 0 Å². The molecule has 3 atom stereocenters. The van der Waals surface area contributed by atoms with E-state index in [0.29, 0.717) is 38.4 Å². The zero-order valence-corrected chi connectivity index (χ0v) is 11.9. The number of carbonyl (C=O) groups is 1. The summed E-state index contributed by atoms with van der Waals surface area (Å²) in [7, 11) is 0. The third-order valence-corrected chi connectivity index (χ3v) is 3.79. The van der Waals surface area contributed by atoms with Gasteiger partial charge in [-0.15, -0.1) is 0 Å². The van der Waals surface area contributed by atoms with E-state index in [1.165, 1.54) is 0 Å². The Morgan fingerprint density at radius 3 is 2.67 bits per heavy atom. The minimum Gasteiger partial charge on any atom is -0.466 e. The van der Waals surface area contributed by atoms with Crippen LogP contribution in [0.25, 0.3) is 0 Å². The predicted octanol–water partition coefficient (Wildman–Crippen LogP) is 2.14. The van der Waals surface area contributed by atoms with E-state index in [2.05, 4.69) is 13.8 Å². The maximum absolute atomic E-state index is 11.9. The summed E-state index contributed by atoms with van der Waals surface area (Å²) in [6, 6.07) is 0. The van der Waals surface area contributed by atoms with Gasteiger partial charge in [-0.2, -0.15) is 0 Å². The number of aliphatic hydroxyl groups is 1. The van der Waals surface area contributed by atoms with Crippen LogP contribution in [0, 0.1) is 11.8 Å². The summed E-state index contributed by atoms with van der Waals surface area (Å²) in [5.41, 5.74) is -0.978. The Hall–Kier alpha value is -0.610. The molecule has 0 saturated carbocycles. The average molecular weight is 258 g/mol. The minimum absolute atomic E-state index is 0.0206. The Morgan fingerprint density at radius 1 is 1.50 bits per heavy atom. The lowest BCUT2D eigenvalue weighted by atomic mass is 9.76. The highest BCUT2D eigenvalue weighted by Gasteiger charge is 2.45. The van der Waals surface area contributed by atoms with Crippen LogP contribution in [0.4, 0.5) is 0 Å². The van der Waals surface area contributed by atoms with E-state index in [0.717, 1.165) is 0 Å². The molecule has 0 radical (unpaired) electrons. The zero-order valence-electron chi connectivity index (χ0n) is 11.9. The fraction of sp³-hybridized carbons (Fsp3) is 0.929. The smallest absolute Gasteiger partial charge is 0.311 e. The van der Waals surface area contributed by atoms with E-state index < -0.39 is 11.5 Å². The molecule has 1 fully saturated rings. The van der Waals surface area contributed by atoms with Gasteiger partial charge >= 0.3 is 5.97 Å². The molecule has 3 unspecified atom stereocenters. The van der Waals surface area contributed by atoms with Crippen molar-refractivity contribution in [3.05, 3.63) is 0 Å². The van der Waals surface area contributed by atoms with E-state index in [9.17, 15) is 9.90 Å². The molecule has 0 amide bonds. The van der Waals surface area contributed by atoms with Gasteiger partial charge in [0.25, 0.3) is 0 Å². The molecule has 1 saturated heterocycles.